The van der Waals surface area contributed by atoms with Crippen molar-refractivity contribution in [3.8, 4) is 10.6 Å². The van der Waals surface area contributed by atoms with E-state index in [2.05, 4.69) is 15.3 Å². The van der Waals surface area contributed by atoms with Crippen LogP contribution in [-0.4, -0.2) is 38.4 Å². The molecule has 3 rings (SSSR count). The molecule has 7 nitrogen and oxygen atoms in total. The Hall–Kier alpha value is -2.36. The number of nitrogens with one attached hydrogen (secondary N) is 1. The van der Waals surface area contributed by atoms with Crippen LogP contribution in [0.5, 0.6) is 0 Å². The van der Waals surface area contributed by atoms with Gasteiger partial charge >= 0.3 is 5.97 Å². The highest BCUT2D eigenvalue weighted by atomic mass is 35.5. The maximum atomic E-state index is 11.5. The standard InChI is InChI=1S/C24H28ClN3O4S/c1-13(2)32-20(24(30)31)11-16-7-8-26-17(10-16)12-27-22(29)21-15(4)28-23(33-21)18-6-5-14(3)9-19(18)25/h5-10,13,20,22,27,29H,11-12H2,1-4H3,(H,30,31). The summed E-state index contributed by atoms with van der Waals surface area (Å²) >= 11 is 7.77. The second-order valence-electron chi connectivity index (χ2n) is 8.11. The van der Waals surface area contributed by atoms with E-state index in [9.17, 15) is 15.0 Å². The highest BCUT2D eigenvalue weighted by molar-refractivity contribution is 7.15. The maximum absolute atomic E-state index is 11.5. The first-order valence-electron chi connectivity index (χ1n) is 10.6. The van der Waals surface area contributed by atoms with Gasteiger partial charge in [-0.25, -0.2) is 9.78 Å². The Kier molecular flexibility index (Phi) is 8.56. The van der Waals surface area contributed by atoms with Crippen LogP contribution in [0.25, 0.3) is 10.6 Å². The van der Waals surface area contributed by atoms with Gasteiger partial charge in [-0.1, -0.05) is 23.7 Å². The summed E-state index contributed by atoms with van der Waals surface area (Å²) < 4.78 is 5.49. The van der Waals surface area contributed by atoms with Crippen LogP contribution in [0.15, 0.2) is 36.5 Å². The average Bonchev–Trinajstić information content (AvgIpc) is 3.12. The molecule has 0 aliphatic carbocycles. The lowest BCUT2D eigenvalue weighted by atomic mass is 10.1. The van der Waals surface area contributed by atoms with Gasteiger partial charge in [-0.05, 0) is 57.0 Å². The summed E-state index contributed by atoms with van der Waals surface area (Å²) in [5, 5.41) is 24.6. The lowest BCUT2D eigenvalue weighted by Crippen LogP contribution is -2.29. The SMILES string of the molecule is Cc1ccc(-c2nc(C)c(C(O)NCc3cc(CC(OC(C)C)C(=O)O)ccn3)s2)c(Cl)c1. The van der Waals surface area contributed by atoms with Crippen LogP contribution in [0.2, 0.25) is 5.02 Å². The molecule has 0 spiro atoms. The topological polar surface area (TPSA) is 105 Å². The van der Waals surface area contributed by atoms with E-state index < -0.39 is 18.3 Å². The molecule has 0 radical (unpaired) electrons. The van der Waals surface area contributed by atoms with Gasteiger partial charge in [0, 0.05) is 24.7 Å². The van der Waals surface area contributed by atoms with Crippen LogP contribution in [0.1, 0.15) is 47.5 Å². The van der Waals surface area contributed by atoms with Crippen LogP contribution in [0, 0.1) is 13.8 Å². The van der Waals surface area contributed by atoms with E-state index in [0.717, 1.165) is 27.4 Å². The third kappa shape index (κ3) is 6.82. The fraction of sp³-hybridized carbons (Fsp3) is 0.375. The summed E-state index contributed by atoms with van der Waals surface area (Å²) in [7, 11) is 0. The molecule has 2 heterocycles. The van der Waals surface area contributed by atoms with Gasteiger partial charge in [0.15, 0.2) is 6.10 Å². The Balaban J connectivity index is 1.67. The number of aliphatic hydroxyl groups is 1. The number of aryl methyl sites for hydroxylation is 2. The molecule has 0 bridgehead atoms. The Labute approximate surface area is 202 Å². The minimum Gasteiger partial charge on any atom is -0.479 e. The van der Waals surface area contributed by atoms with E-state index in [1.807, 2.05) is 38.1 Å². The number of aliphatic carboxylic acids is 1. The Bertz CT molecular complexity index is 1120. The molecule has 0 aliphatic rings. The number of thiazole rings is 1. The zero-order chi connectivity index (χ0) is 24.1. The van der Waals surface area contributed by atoms with Crippen LogP contribution >= 0.6 is 22.9 Å². The lowest BCUT2D eigenvalue weighted by Gasteiger charge is -2.17. The minimum absolute atomic E-state index is 0.188. The van der Waals surface area contributed by atoms with E-state index >= 15 is 0 Å². The van der Waals surface area contributed by atoms with Crippen LogP contribution < -0.4 is 5.32 Å². The van der Waals surface area contributed by atoms with Crippen molar-refractivity contribution in [3.63, 3.8) is 0 Å². The number of benzene rings is 1. The van der Waals surface area contributed by atoms with Gasteiger partial charge in [0.1, 0.15) is 11.2 Å². The predicted molar refractivity (Wildman–Crippen MR) is 129 cm³/mol. The quantitative estimate of drug-likeness (QED) is 0.355. The molecule has 3 N–H and O–H groups in total. The second-order valence-corrected chi connectivity index (χ2v) is 9.54. The van der Waals surface area contributed by atoms with Crippen molar-refractivity contribution in [3.05, 3.63) is 68.9 Å². The maximum Gasteiger partial charge on any atom is 0.333 e. The summed E-state index contributed by atoms with van der Waals surface area (Å²) in [6.45, 7) is 7.74. The molecule has 9 heteroatoms. The fourth-order valence-corrected chi connectivity index (χ4v) is 4.80. The second kappa shape index (κ2) is 11.2. The largest absolute Gasteiger partial charge is 0.479 e. The first-order valence-corrected chi connectivity index (χ1v) is 11.8. The molecule has 33 heavy (non-hydrogen) atoms. The number of halogens is 1. The monoisotopic (exact) mass is 489 g/mol. The number of aliphatic hydroxyl groups excluding tert-OH is 1. The normalized spacial score (nSPS) is 13.3. The number of ether oxygens (including phenoxy) is 1. The van der Waals surface area contributed by atoms with Crippen molar-refractivity contribution in [2.45, 2.75) is 59.1 Å². The number of nitrogens with zero attached hydrogens (tertiary/aromatic N) is 2. The van der Waals surface area contributed by atoms with E-state index in [-0.39, 0.29) is 12.5 Å². The van der Waals surface area contributed by atoms with Crippen molar-refractivity contribution in [1.29, 1.82) is 0 Å². The molecule has 0 fully saturated rings. The van der Waals surface area contributed by atoms with Crippen molar-refractivity contribution in [2.24, 2.45) is 0 Å². The molecule has 2 aromatic heterocycles. The van der Waals surface area contributed by atoms with Crippen LogP contribution in [0.4, 0.5) is 0 Å². The zero-order valence-electron chi connectivity index (χ0n) is 19.0. The van der Waals surface area contributed by atoms with E-state index in [4.69, 9.17) is 16.3 Å². The number of carbonyl (C=O) groups is 1. The summed E-state index contributed by atoms with van der Waals surface area (Å²) in [5.74, 6) is -0.999. The lowest BCUT2D eigenvalue weighted by molar-refractivity contribution is -0.153. The van der Waals surface area contributed by atoms with Gasteiger partial charge in [0.25, 0.3) is 0 Å². The molecule has 1 aromatic carbocycles. The third-order valence-corrected chi connectivity index (χ3v) is 6.48. The van der Waals surface area contributed by atoms with Crippen LogP contribution in [-0.2, 0) is 22.5 Å². The zero-order valence-corrected chi connectivity index (χ0v) is 20.6. The number of rotatable bonds is 10. The predicted octanol–water partition coefficient (Wildman–Crippen LogP) is 4.68. The van der Waals surface area contributed by atoms with E-state index in [1.54, 1.807) is 26.1 Å². The molecule has 0 saturated heterocycles. The molecule has 3 aromatic rings. The molecule has 0 amide bonds. The summed E-state index contributed by atoms with van der Waals surface area (Å²) in [5.41, 5.74) is 4.11. The third-order valence-electron chi connectivity index (χ3n) is 4.93. The summed E-state index contributed by atoms with van der Waals surface area (Å²) in [4.78, 5) is 21.1. The molecular formula is C24H28ClN3O4S. The average molecular weight is 490 g/mol. The van der Waals surface area contributed by atoms with Gasteiger partial charge < -0.3 is 14.9 Å². The molecule has 2 unspecified atom stereocenters. The van der Waals surface area contributed by atoms with E-state index in [0.29, 0.717) is 22.1 Å². The first kappa shape index (κ1) is 25.3. The van der Waals surface area contributed by atoms with Gasteiger partial charge in [0.05, 0.1) is 27.4 Å². The first-order chi connectivity index (χ1) is 15.6. The summed E-state index contributed by atoms with van der Waals surface area (Å²) in [6, 6.07) is 9.39. The number of carboxylic acids is 1. The van der Waals surface area contributed by atoms with Gasteiger partial charge in [0.2, 0.25) is 0 Å². The molecule has 176 valence electrons. The van der Waals surface area contributed by atoms with Crippen molar-refractivity contribution in [2.75, 3.05) is 0 Å². The Morgan fingerprint density at radius 1 is 1.24 bits per heavy atom. The van der Waals surface area contributed by atoms with Gasteiger partial charge in [-0.3, -0.25) is 10.3 Å². The fourth-order valence-electron chi connectivity index (χ4n) is 3.35. The van der Waals surface area contributed by atoms with Crippen molar-refractivity contribution < 1.29 is 19.7 Å². The number of hydrogen-bond acceptors (Lipinski definition) is 7. The highest BCUT2D eigenvalue weighted by Gasteiger charge is 2.21. The molecule has 2 atom stereocenters. The summed E-state index contributed by atoms with van der Waals surface area (Å²) in [6.07, 6.45) is -0.179. The van der Waals surface area contributed by atoms with Crippen molar-refractivity contribution >= 4 is 28.9 Å². The molecule has 0 aliphatic heterocycles. The molecular weight excluding hydrogens is 462 g/mol. The van der Waals surface area contributed by atoms with Gasteiger partial charge in [-0.2, -0.15) is 0 Å². The molecule has 0 saturated carbocycles. The van der Waals surface area contributed by atoms with Crippen LogP contribution in [0.3, 0.4) is 0 Å². The number of aromatic nitrogens is 2. The smallest absolute Gasteiger partial charge is 0.333 e. The number of pyridine rings is 1. The number of hydrogen-bond donors (Lipinski definition) is 3. The van der Waals surface area contributed by atoms with Gasteiger partial charge in [-0.15, -0.1) is 11.3 Å². The Morgan fingerprint density at radius 3 is 2.67 bits per heavy atom. The number of carboxylic acid groups (broad SMARTS) is 1. The minimum atomic E-state index is -0.999. The Morgan fingerprint density at radius 2 is 2.00 bits per heavy atom. The van der Waals surface area contributed by atoms with E-state index in [1.165, 1.54) is 11.3 Å². The van der Waals surface area contributed by atoms with Crippen molar-refractivity contribution in [1.82, 2.24) is 15.3 Å². The highest BCUT2D eigenvalue weighted by Crippen LogP contribution is 2.35.